The van der Waals surface area contributed by atoms with Crippen LogP contribution in [0.15, 0.2) is 0 Å². The van der Waals surface area contributed by atoms with Gasteiger partial charge in [0, 0.05) is 20.1 Å². The van der Waals surface area contributed by atoms with E-state index in [9.17, 15) is 4.79 Å². The maximum Gasteiger partial charge on any atom is 0.285 e. The molecule has 3 nitrogen and oxygen atoms in total. The summed E-state index contributed by atoms with van der Waals surface area (Å²) in [6, 6.07) is -0.394. The predicted molar refractivity (Wildman–Crippen MR) is 103 cm³/mol. The molecule has 0 aromatic carbocycles. The van der Waals surface area contributed by atoms with Crippen molar-refractivity contribution >= 4 is 29.7 Å². The van der Waals surface area contributed by atoms with E-state index in [1.807, 2.05) is 0 Å². The molecule has 0 aliphatic carbocycles. The van der Waals surface area contributed by atoms with Crippen molar-refractivity contribution in [2.45, 2.75) is 18.9 Å². The summed E-state index contributed by atoms with van der Waals surface area (Å²) in [7, 11) is 1.14. The predicted octanol–water partition coefficient (Wildman–Crippen LogP) is 4.68. The zero-order valence-corrected chi connectivity index (χ0v) is 20.3. The molecule has 1 saturated heterocycles. The summed E-state index contributed by atoms with van der Waals surface area (Å²) in [6.45, 7) is 20.8. The van der Waals surface area contributed by atoms with Gasteiger partial charge in [-0.2, -0.15) is 0 Å². The van der Waals surface area contributed by atoms with Crippen LogP contribution in [0.3, 0.4) is 0 Å². The van der Waals surface area contributed by atoms with Crippen LogP contribution in [-0.4, -0.2) is 83.6 Å². The summed E-state index contributed by atoms with van der Waals surface area (Å²) in [6.07, 6.45) is 1.67. The topological polar surface area (TPSA) is 51.4 Å². The van der Waals surface area contributed by atoms with Gasteiger partial charge in [-0.05, 0) is 66.0 Å². The van der Waals surface area contributed by atoms with Crippen molar-refractivity contribution in [2.75, 3.05) is 66.5 Å². The van der Waals surface area contributed by atoms with Crippen molar-refractivity contribution < 1.29 is 30.0 Å². The van der Waals surface area contributed by atoms with Gasteiger partial charge in [0.25, 0.3) is 5.97 Å². The maximum absolute atomic E-state index is 10.1. The number of nitrogens with zero attached hydrogens (tertiary/aromatic N) is 1. The Bertz CT molecular complexity index is 190. The molecule has 1 fully saturated rings. The number of rotatable bonds is 1. The van der Waals surface area contributed by atoms with Crippen LogP contribution in [0.5, 0.6) is 0 Å². The SMILES string of the molecule is CP(C)C.CP(C)C.CP(C)C.O=C(O)C1CCC[N-]1.[Ir]. The summed E-state index contributed by atoms with van der Waals surface area (Å²) in [4.78, 5) is 10.1. The largest absolute Gasteiger partial charge is 0.650 e. The minimum atomic E-state index is -0.775. The third kappa shape index (κ3) is 52.4. The number of carboxylic acid groups (broad SMARTS) is 1. The van der Waals surface area contributed by atoms with Crippen molar-refractivity contribution in [3.8, 4) is 0 Å². The fourth-order valence-electron chi connectivity index (χ4n) is 0.825. The van der Waals surface area contributed by atoms with Gasteiger partial charge in [0.05, 0.1) is 0 Å². The Labute approximate surface area is 150 Å². The first-order valence-electron chi connectivity index (χ1n) is 6.72. The van der Waals surface area contributed by atoms with Crippen LogP contribution in [-0.2, 0) is 24.9 Å². The molecule has 1 rings (SSSR count). The minimum absolute atomic E-state index is 0. The first-order valence-corrected chi connectivity index (χ1v) is 14.8. The minimum Gasteiger partial charge on any atom is -0.650 e. The van der Waals surface area contributed by atoms with E-state index in [1.165, 1.54) is 0 Å². The number of carbonyl (C=O) groups is 1. The maximum atomic E-state index is 10.1. The third-order valence-corrected chi connectivity index (χ3v) is 1.27. The van der Waals surface area contributed by atoms with E-state index in [0.717, 1.165) is 19.4 Å². The summed E-state index contributed by atoms with van der Waals surface area (Å²) in [5, 5.41) is 12.2. The van der Waals surface area contributed by atoms with Crippen molar-refractivity contribution in [1.29, 1.82) is 0 Å². The van der Waals surface area contributed by atoms with E-state index >= 15 is 0 Å². The summed E-state index contributed by atoms with van der Waals surface area (Å²) in [5.41, 5.74) is 0. The van der Waals surface area contributed by atoms with Crippen molar-refractivity contribution in [3.63, 3.8) is 0 Å². The zero-order valence-electron chi connectivity index (χ0n) is 15.2. The Morgan fingerprint density at radius 1 is 0.905 bits per heavy atom. The molecule has 1 unspecified atom stereocenters. The standard InChI is InChI=1S/C5H8NO2.3C3H9P.Ir/c7-5(8)4-2-1-3-6-4;3*1-4(2)3;/h4H,1-3H2,(H,7,8);3*1-3H3;/q-1;;;;. The van der Waals surface area contributed by atoms with Gasteiger partial charge >= 0.3 is 0 Å². The summed E-state index contributed by atoms with van der Waals surface area (Å²) < 4.78 is 0. The molecule has 0 amide bonds. The number of hydrogen-bond donors (Lipinski definition) is 1. The van der Waals surface area contributed by atoms with Gasteiger partial charge in [-0.3, -0.25) is 4.79 Å². The molecule has 1 aliphatic rings. The molecule has 1 heterocycles. The summed E-state index contributed by atoms with van der Waals surface area (Å²) in [5.74, 6) is -0.775. The van der Waals surface area contributed by atoms with Crippen LogP contribution >= 0.6 is 23.8 Å². The molecule has 1 atom stereocenters. The van der Waals surface area contributed by atoms with Gasteiger partial charge < -0.3 is 10.4 Å². The average Bonchev–Trinajstić information content (AvgIpc) is 2.66. The second kappa shape index (κ2) is 21.4. The van der Waals surface area contributed by atoms with Crippen molar-refractivity contribution in [1.82, 2.24) is 0 Å². The average molecular weight is 535 g/mol. The number of hydrogen-bond acceptors (Lipinski definition) is 1. The second-order valence-electron chi connectivity index (χ2n) is 5.93. The van der Waals surface area contributed by atoms with E-state index < -0.39 is 12.0 Å². The smallest absolute Gasteiger partial charge is 0.285 e. The van der Waals surface area contributed by atoms with Crippen LogP contribution in [0.4, 0.5) is 0 Å². The van der Waals surface area contributed by atoms with E-state index in [2.05, 4.69) is 65.3 Å². The Balaban J connectivity index is -0.0000000973. The molecular weight excluding hydrogens is 499 g/mol. The van der Waals surface area contributed by atoms with Crippen LogP contribution in [0, 0.1) is 0 Å². The first kappa shape index (κ1) is 30.3. The van der Waals surface area contributed by atoms with E-state index in [4.69, 9.17) is 5.11 Å². The molecule has 1 N–H and O–H groups in total. The molecule has 21 heavy (non-hydrogen) atoms. The molecule has 0 spiro atoms. The molecule has 0 aromatic rings. The second-order valence-corrected chi connectivity index (χ2v) is 14.0. The molecule has 1 aliphatic heterocycles. The Morgan fingerprint density at radius 3 is 1.29 bits per heavy atom. The number of aliphatic carboxylic acids is 1. The van der Waals surface area contributed by atoms with Gasteiger partial charge in [0.2, 0.25) is 0 Å². The van der Waals surface area contributed by atoms with Gasteiger partial charge in [0.1, 0.15) is 0 Å². The van der Waals surface area contributed by atoms with Gasteiger partial charge in [-0.25, -0.2) is 0 Å². The van der Waals surface area contributed by atoms with Gasteiger partial charge in [-0.15, -0.1) is 30.3 Å². The number of carboxylic acids is 1. The third-order valence-electron chi connectivity index (χ3n) is 1.27. The van der Waals surface area contributed by atoms with Crippen LogP contribution in [0.25, 0.3) is 5.32 Å². The van der Waals surface area contributed by atoms with E-state index in [-0.39, 0.29) is 20.1 Å². The molecule has 0 aromatic heterocycles. The van der Waals surface area contributed by atoms with E-state index in [0.29, 0.717) is 23.8 Å². The Hall–Kier alpha value is 1.37. The molecule has 0 bridgehead atoms. The quantitative estimate of drug-likeness (QED) is 0.497. The molecule has 0 saturated carbocycles. The van der Waals surface area contributed by atoms with Crippen LogP contribution in [0.1, 0.15) is 12.8 Å². The monoisotopic (exact) mass is 535 g/mol. The van der Waals surface area contributed by atoms with Crippen molar-refractivity contribution in [3.05, 3.63) is 5.32 Å². The summed E-state index contributed by atoms with van der Waals surface area (Å²) >= 11 is 0. The van der Waals surface area contributed by atoms with E-state index in [1.54, 1.807) is 0 Å². The Kier molecular flexibility index (Phi) is 30.8. The normalized spacial score (nSPS) is 15.9. The molecule has 1 radical (unpaired) electrons. The Morgan fingerprint density at radius 2 is 1.19 bits per heavy atom. The van der Waals surface area contributed by atoms with Crippen molar-refractivity contribution in [2.24, 2.45) is 0 Å². The van der Waals surface area contributed by atoms with Crippen LogP contribution < -0.4 is 0 Å². The molecule has 7 heteroatoms. The van der Waals surface area contributed by atoms with Gasteiger partial charge in [0.15, 0.2) is 0 Å². The van der Waals surface area contributed by atoms with Gasteiger partial charge in [-0.1, -0.05) is 12.8 Å². The first-order chi connectivity index (χ1) is 9.00. The molecular formula is C14H35IrNO2P3-. The zero-order chi connectivity index (χ0) is 16.7. The molecule has 133 valence electrons. The van der Waals surface area contributed by atoms with Crippen LogP contribution in [0.2, 0.25) is 0 Å². The fourth-order valence-corrected chi connectivity index (χ4v) is 0.825. The fraction of sp³-hybridized carbons (Fsp3) is 0.929.